The van der Waals surface area contributed by atoms with Crippen molar-refractivity contribution >= 4 is 11.9 Å². The summed E-state index contributed by atoms with van der Waals surface area (Å²) in [4.78, 5) is 4.41. The standard InChI is InChI=1S/C12H23N3O/c1-10(2,3)13-8-9-11(4,5)14-12(6,7)15(9)16/h8,14H,1-7H3. The van der Waals surface area contributed by atoms with Gasteiger partial charge in [-0.15, -0.1) is 0 Å². The summed E-state index contributed by atoms with van der Waals surface area (Å²) in [6.45, 7) is 13.8. The normalized spacial score (nSPS) is 24.4. The third-order valence-electron chi connectivity index (χ3n) is 2.56. The second-order valence-electron chi connectivity index (χ2n) is 6.42. The lowest BCUT2D eigenvalue weighted by Gasteiger charge is -2.21. The first kappa shape index (κ1) is 13.2. The van der Waals surface area contributed by atoms with E-state index in [1.807, 2.05) is 48.5 Å². The Hall–Kier alpha value is -0.900. The van der Waals surface area contributed by atoms with E-state index in [-0.39, 0.29) is 11.1 Å². The van der Waals surface area contributed by atoms with Crippen molar-refractivity contribution in [3.63, 3.8) is 0 Å². The summed E-state index contributed by atoms with van der Waals surface area (Å²) >= 11 is 0. The molecule has 0 aromatic rings. The molecule has 0 fully saturated rings. The second-order valence-corrected chi connectivity index (χ2v) is 6.42. The maximum Gasteiger partial charge on any atom is 0.226 e. The van der Waals surface area contributed by atoms with E-state index in [1.54, 1.807) is 6.21 Å². The topological polar surface area (TPSA) is 50.5 Å². The van der Waals surface area contributed by atoms with Crippen molar-refractivity contribution < 1.29 is 4.74 Å². The molecule has 4 nitrogen and oxygen atoms in total. The van der Waals surface area contributed by atoms with Gasteiger partial charge in [-0.05, 0) is 34.6 Å². The Morgan fingerprint density at radius 2 is 1.75 bits per heavy atom. The van der Waals surface area contributed by atoms with Gasteiger partial charge >= 0.3 is 0 Å². The molecule has 0 aromatic carbocycles. The quantitative estimate of drug-likeness (QED) is 0.421. The van der Waals surface area contributed by atoms with E-state index in [4.69, 9.17) is 0 Å². The maximum atomic E-state index is 12.1. The van der Waals surface area contributed by atoms with Crippen LogP contribution in [0.5, 0.6) is 0 Å². The minimum Gasteiger partial charge on any atom is -0.622 e. The van der Waals surface area contributed by atoms with Crippen LogP contribution in [0.2, 0.25) is 0 Å². The van der Waals surface area contributed by atoms with Crippen LogP contribution in [0, 0.1) is 5.21 Å². The molecule has 1 aliphatic rings. The van der Waals surface area contributed by atoms with Gasteiger partial charge < -0.3 is 5.21 Å². The molecule has 0 unspecified atom stereocenters. The van der Waals surface area contributed by atoms with Gasteiger partial charge in [0.2, 0.25) is 11.4 Å². The van der Waals surface area contributed by atoms with Gasteiger partial charge in [0.25, 0.3) is 0 Å². The Bertz CT molecular complexity index is 346. The monoisotopic (exact) mass is 225 g/mol. The molecule has 1 N–H and O–H groups in total. The summed E-state index contributed by atoms with van der Waals surface area (Å²) in [6, 6.07) is 0. The zero-order valence-electron chi connectivity index (χ0n) is 11.4. The van der Waals surface area contributed by atoms with Crippen LogP contribution in [0.1, 0.15) is 48.5 Å². The van der Waals surface area contributed by atoms with E-state index >= 15 is 0 Å². The molecule has 0 aromatic heterocycles. The number of aliphatic imine (C=N–C) groups is 1. The zero-order valence-corrected chi connectivity index (χ0v) is 11.4. The second kappa shape index (κ2) is 3.55. The van der Waals surface area contributed by atoms with Gasteiger partial charge in [0.05, 0.1) is 11.8 Å². The molecule has 1 heterocycles. The predicted octanol–water partition coefficient (Wildman–Crippen LogP) is 1.92. The molecule has 0 atom stereocenters. The summed E-state index contributed by atoms with van der Waals surface area (Å²) in [5, 5.41) is 15.4. The average Bonchev–Trinajstić information content (AvgIpc) is 2.12. The van der Waals surface area contributed by atoms with Crippen molar-refractivity contribution in [2.75, 3.05) is 0 Å². The maximum absolute atomic E-state index is 12.1. The average molecular weight is 225 g/mol. The lowest BCUT2D eigenvalue weighted by Crippen LogP contribution is -2.49. The first-order valence-electron chi connectivity index (χ1n) is 5.65. The third kappa shape index (κ3) is 2.61. The van der Waals surface area contributed by atoms with Crippen LogP contribution in [-0.2, 0) is 0 Å². The zero-order chi connectivity index (χ0) is 12.8. The van der Waals surface area contributed by atoms with Gasteiger partial charge in [-0.3, -0.25) is 4.99 Å². The van der Waals surface area contributed by atoms with E-state index in [1.165, 1.54) is 0 Å². The van der Waals surface area contributed by atoms with Crippen molar-refractivity contribution in [3.8, 4) is 0 Å². The van der Waals surface area contributed by atoms with Crippen molar-refractivity contribution in [1.29, 1.82) is 0 Å². The number of nitrogens with one attached hydrogen (secondary N) is 1. The molecule has 0 saturated heterocycles. The SMILES string of the molecule is CC(C)(C)N=CC1=[N+]([O-])C(C)(C)NC1(C)C. The summed E-state index contributed by atoms with van der Waals surface area (Å²) in [5.41, 5.74) is -0.369. The Morgan fingerprint density at radius 3 is 2.06 bits per heavy atom. The molecular weight excluding hydrogens is 202 g/mol. The number of rotatable bonds is 1. The highest BCUT2D eigenvalue weighted by Gasteiger charge is 2.48. The van der Waals surface area contributed by atoms with Crippen molar-refractivity contribution in [1.82, 2.24) is 5.32 Å². The van der Waals surface area contributed by atoms with Crippen LogP contribution in [0.4, 0.5) is 0 Å². The Balaban J connectivity index is 3.11. The molecule has 92 valence electrons. The van der Waals surface area contributed by atoms with Gasteiger partial charge in [-0.2, -0.15) is 4.74 Å². The lowest BCUT2D eigenvalue weighted by molar-refractivity contribution is -0.535. The molecule has 1 aliphatic heterocycles. The molecule has 0 radical (unpaired) electrons. The largest absolute Gasteiger partial charge is 0.622 e. The van der Waals surface area contributed by atoms with Crippen LogP contribution in [0.25, 0.3) is 0 Å². The third-order valence-corrected chi connectivity index (χ3v) is 2.56. The summed E-state index contributed by atoms with van der Waals surface area (Å²) < 4.78 is 1.02. The molecular formula is C12H23N3O. The Kier molecular flexibility index (Phi) is 2.92. The van der Waals surface area contributed by atoms with Crippen LogP contribution in [0.15, 0.2) is 4.99 Å². The summed E-state index contributed by atoms with van der Waals surface area (Å²) in [7, 11) is 0. The van der Waals surface area contributed by atoms with Gasteiger partial charge in [-0.1, -0.05) is 0 Å². The molecule has 0 saturated carbocycles. The van der Waals surface area contributed by atoms with Crippen LogP contribution >= 0.6 is 0 Å². The number of nitrogens with zero attached hydrogens (tertiary/aromatic N) is 2. The highest BCUT2D eigenvalue weighted by molar-refractivity contribution is 6.32. The van der Waals surface area contributed by atoms with E-state index in [9.17, 15) is 5.21 Å². The van der Waals surface area contributed by atoms with Gasteiger partial charge in [0.15, 0.2) is 0 Å². The first-order valence-corrected chi connectivity index (χ1v) is 5.65. The minimum absolute atomic E-state index is 0.156. The predicted molar refractivity (Wildman–Crippen MR) is 68.2 cm³/mol. The fourth-order valence-electron chi connectivity index (χ4n) is 1.90. The van der Waals surface area contributed by atoms with Gasteiger partial charge in [0, 0.05) is 13.8 Å². The van der Waals surface area contributed by atoms with Gasteiger partial charge in [-0.25, -0.2) is 5.32 Å². The highest BCUT2D eigenvalue weighted by Crippen LogP contribution is 2.22. The molecule has 1 rings (SSSR count). The molecule has 16 heavy (non-hydrogen) atoms. The van der Waals surface area contributed by atoms with E-state index < -0.39 is 5.66 Å². The fraction of sp³-hybridized carbons (Fsp3) is 0.833. The van der Waals surface area contributed by atoms with E-state index in [2.05, 4.69) is 10.3 Å². The van der Waals surface area contributed by atoms with Crippen molar-refractivity contribution in [2.24, 2.45) is 4.99 Å². The first-order chi connectivity index (χ1) is 6.96. The Morgan fingerprint density at radius 1 is 1.25 bits per heavy atom. The summed E-state index contributed by atoms with van der Waals surface area (Å²) in [6.07, 6.45) is 1.70. The van der Waals surface area contributed by atoms with E-state index in [0.29, 0.717) is 5.71 Å². The fourth-order valence-corrected chi connectivity index (χ4v) is 1.90. The molecule has 0 spiro atoms. The number of hydrogen-bond donors (Lipinski definition) is 1. The molecule has 4 heteroatoms. The van der Waals surface area contributed by atoms with Gasteiger partial charge in [0.1, 0.15) is 5.54 Å². The van der Waals surface area contributed by atoms with Crippen molar-refractivity contribution in [3.05, 3.63) is 5.21 Å². The Labute approximate surface area is 98.0 Å². The minimum atomic E-state index is -0.567. The number of hydrogen-bond acceptors (Lipinski definition) is 3. The van der Waals surface area contributed by atoms with Crippen LogP contribution in [0.3, 0.4) is 0 Å². The molecule has 0 amide bonds. The smallest absolute Gasteiger partial charge is 0.226 e. The van der Waals surface area contributed by atoms with Crippen LogP contribution < -0.4 is 5.32 Å². The van der Waals surface area contributed by atoms with Crippen molar-refractivity contribution in [2.45, 2.75) is 65.2 Å². The molecule has 0 bridgehead atoms. The highest BCUT2D eigenvalue weighted by atomic mass is 16.5. The van der Waals surface area contributed by atoms with E-state index in [0.717, 1.165) is 4.74 Å². The number of hydroxylamine groups is 1. The van der Waals surface area contributed by atoms with Crippen LogP contribution in [-0.4, -0.2) is 33.4 Å². The lowest BCUT2D eigenvalue weighted by atomic mass is 9.99. The molecule has 0 aliphatic carbocycles. The summed E-state index contributed by atoms with van der Waals surface area (Å²) in [5.74, 6) is 0.